The average molecular weight is 280 g/mol. The van der Waals surface area contributed by atoms with Gasteiger partial charge in [-0.05, 0) is 32.6 Å². The molecule has 0 radical (unpaired) electrons. The molecule has 2 unspecified atom stereocenters. The Hall–Kier alpha value is -0.700. The second-order valence-corrected chi connectivity index (χ2v) is 6.21. The molecule has 0 bridgehead atoms. The van der Waals surface area contributed by atoms with Crippen molar-refractivity contribution in [1.29, 1.82) is 0 Å². The third-order valence-electron chi connectivity index (χ3n) is 2.89. The molecular formula is C10H20N2O5S. The molecule has 1 aliphatic rings. The Labute approximate surface area is 107 Å². The number of piperidine rings is 1. The normalized spacial score (nSPS) is 23.8. The zero-order chi connectivity index (χ0) is 13.8. The molecule has 0 aromatic heterocycles. The van der Waals surface area contributed by atoms with Crippen molar-refractivity contribution in [3.05, 3.63) is 0 Å². The highest BCUT2D eigenvalue weighted by Gasteiger charge is 2.36. The quantitative estimate of drug-likeness (QED) is 0.610. The van der Waals surface area contributed by atoms with E-state index in [1.807, 2.05) is 0 Å². The highest BCUT2D eigenvalue weighted by atomic mass is 32.2. The fraction of sp³-hybridized carbons (Fsp3) is 0.900. The third-order valence-corrected chi connectivity index (χ3v) is 4.52. The van der Waals surface area contributed by atoms with Crippen molar-refractivity contribution in [2.75, 3.05) is 13.1 Å². The second-order valence-electron chi connectivity index (χ2n) is 4.50. The van der Waals surface area contributed by atoms with E-state index in [2.05, 4.69) is 4.72 Å². The summed E-state index contributed by atoms with van der Waals surface area (Å²) in [6.45, 7) is 1.89. The summed E-state index contributed by atoms with van der Waals surface area (Å²) < 4.78 is 27.2. The molecule has 3 N–H and O–H groups in total. The molecule has 0 aromatic rings. The Morgan fingerprint density at radius 3 is 2.72 bits per heavy atom. The van der Waals surface area contributed by atoms with E-state index in [9.17, 15) is 13.2 Å². The molecule has 18 heavy (non-hydrogen) atoms. The summed E-state index contributed by atoms with van der Waals surface area (Å²) in [7, 11) is -3.78. The van der Waals surface area contributed by atoms with Crippen LogP contribution >= 0.6 is 0 Å². The Morgan fingerprint density at radius 2 is 2.17 bits per heavy atom. The molecular weight excluding hydrogens is 260 g/mol. The van der Waals surface area contributed by atoms with E-state index in [0.29, 0.717) is 19.3 Å². The van der Waals surface area contributed by atoms with Crippen LogP contribution in [0.1, 0.15) is 32.6 Å². The van der Waals surface area contributed by atoms with Gasteiger partial charge in [-0.1, -0.05) is 0 Å². The van der Waals surface area contributed by atoms with E-state index >= 15 is 0 Å². The number of hydrogen-bond donors (Lipinski definition) is 3. The average Bonchev–Trinajstić information content (AvgIpc) is 2.28. The Morgan fingerprint density at radius 1 is 1.50 bits per heavy atom. The highest BCUT2D eigenvalue weighted by molar-refractivity contribution is 7.87. The molecule has 1 rings (SSSR count). The first kappa shape index (κ1) is 15.4. The number of carbonyl (C=O) groups is 1. The Bertz CT molecular complexity index is 382. The van der Waals surface area contributed by atoms with Gasteiger partial charge in [-0.2, -0.15) is 12.7 Å². The molecule has 1 saturated heterocycles. The zero-order valence-corrected chi connectivity index (χ0v) is 11.2. The lowest BCUT2D eigenvalue weighted by molar-refractivity contribution is -0.142. The van der Waals surface area contributed by atoms with E-state index in [4.69, 9.17) is 10.2 Å². The van der Waals surface area contributed by atoms with Crippen molar-refractivity contribution >= 4 is 16.2 Å². The van der Waals surface area contributed by atoms with Crippen molar-refractivity contribution in [2.45, 2.75) is 44.8 Å². The molecule has 106 valence electrons. The largest absolute Gasteiger partial charge is 0.480 e. The lowest BCUT2D eigenvalue weighted by atomic mass is 10.1. The van der Waals surface area contributed by atoms with Crippen molar-refractivity contribution in [3.8, 4) is 0 Å². The van der Waals surface area contributed by atoms with Gasteiger partial charge in [0.2, 0.25) is 0 Å². The standard InChI is InChI=1S/C10H20N2O5S/c1-8(13)5-6-11-18(16,17)12-7-3-2-4-9(12)10(14)15/h8-9,11,13H,2-7H2,1H3,(H,14,15). The summed E-state index contributed by atoms with van der Waals surface area (Å²) >= 11 is 0. The number of hydrogen-bond acceptors (Lipinski definition) is 4. The summed E-state index contributed by atoms with van der Waals surface area (Å²) in [5, 5.41) is 18.1. The fourth-order valence-corrected chi connectivity index (χ4v) is 3.36. The summed E-state index contributed by atoms with van der Waals surface area (Å²) in [6, 6.07) is -0.984. The number of carboxylic acid groups (broad SMARTS) is 1. The number of aliphatic hydroxyl groups is 1. The van der Waals surface area contributed by atoms with E-state index in [-0.39, 0.29) is 13.1 Å². The Balaban J connectivity index is 2.66. The van der Waals surface area contributed by atoms with Crippen LogP contribution in [0, 0.1) is 0 Å². The maximum Gasteiger partial charge on any atom is 0.322 e. The van der Waals surface area contributed by atoms with Gasteiger partial charge in [-0.25, -0.2) is 4.72 Å². The second kappa shape index (κ2) is 6.46. The van der Waals surface area contributed by atoms with Gasteiger partial charge in [0.05, 0.1) is 6.10 Å². The molecule has 0 aromatic carbocycles. The van der Waals surface area contributed by atoms with Crippen molar-refractivity contribution in [1.82, 2.24) is 9.03 Å². The molecule has 1 fully saturated rings. The summed E-state index contributed by atoms with van der Waals surface area (Å²) in [5.41, 5.74) is 0. The van der Waals surface area contributed by atoms with Gasteiger partial charge in [-0.15, -0.1) is 0 Å². The maximum absolute atomic E-state index is 12.0. The zero-order valence-electron chi connectivity index (χ0n) is 10.4. The predicted molar refractivity (Wildman–Crippen MR) is 65.2 cm³/mol. The van der Waals surface area contributed by atoms with Gasteiger partial charge in [-0.3, -0.25) is 4.79 Å². The van der Waals surface area contributed by atoms with Crippen molar-refractivity contribution in [2.24, 2.45) is 0 Å². The molecule has 7 nitrogen and oxygen atoms in total. The minimum atomic E-state index is -3.78. The molecule has 1 heterocycles. The number of nitrogens with one attached hydrogen (secondary N) is 1. The van der Waals surface area contributed by atoms with Crippen LogP contribution in [0.3, 0.4) is 0 Å². The smallest absolute Gasteiger partial charge is 0.322 e. The van der Waals surface area contributed by atoms with Gasteiger partial charge in [0, 0.05) is 13.1 Å². The number of aliphatic carboxylic acids is 1. The molecule has 8 heteroatoms. The topological polar surface area (TPSA) is 107 Å². The van der Waals surface area contributed by atoms with Crippen LogP contribution in [0.4, 0.5) is 0 Å². The summed E-state index contributed by atoms with van der Waals surface area (Å²) in [4.78, 5) is 11.0. The molecule has 0 spiro atoms. The monoisotopic (exact) mass is 280 g/mol. The van der Waals surface area contributed by atoms with Crippen LogP contribution in [0.25, 0.3) is 0 Å². The SMILES string of the molecule is CC(O)CCNS(=O)(=O)N1CCCCC1C(=O)O. The van der Waals surface area contributed by atoms with E-state index in [1.165, 1.54) is 0 Å². The first-order valence-corrected chi connectivity index (χ1v) is 7.46. The van der Waals surface area contributed by atoms with Crippen molar-refractivity contribution < 1.29 is 23.4 Å². The number of aliphatic hydroxyl groups excluding tert-OH is 1. The fourth-order valence-electron chi connectivity index (χ4n) is 1.92. The van der Waals surface area contributed by atoms with Crippen LogP contribution in [-0.2, 0) is 15.0 Å². The minimum absolute atomic E-state index is 0.100. The van der Waals surface area contributed by atoms with Gasteiger partial charge >= 0.3 is 5.97 Å². The van der Waals surface area contributed by atoms with E-state index in [0.717, 1.165) is 10.7 Å². The highest BCUT2D eigenvalue weighted by Crippen LogP contribution is 2.19. The predicted octanol–water partition coefficient (Wildman–Crippen LogP) is -0.469. The van der Waals surface area contributed by atoms with Gasteiger partial charge in [0.1, 0.15) is 6.04 Å². The van der Waals surface area contributed by atoms with Crippen LogP contribution in [0.15, 0.2) is 0 Å². The lowest BCUT2D eigenvalue weighted by Crippen LogP contribution is -2.52. The number of nitrogens with zero attached hydrogens (tertiary/aromatic N) is 1. The van der Waals surface area contributed by atoms with E-state index < -0.39 is 28.3 Å². The van der Waals surface area contributed by atoms with Gasteiger partial charge in [0.25, 0.3) is 10.2 Å². The third kappa shape index (κ3) is 4.20. The lowest BCUT2D eigenvalue weighted by Gasteiger charge is -2.31. The molecule has 2 atom stereocenters. The maximum atomic E-state index is 12.0. The van der Waals surface area contributed by atoms with Crippen LogP contribution < -0.4 is 4.72 Å². The number of rotatable bonds is 6. The van der Waals surface area contributed by atoms with Crippen LogP contribution in [0.5, 0.6) is 0 Å². The Kier molecular flexibility index (Phi) is 5.51. The van der Waals surface area contributed by atoms with E-state index in [1.54, 1.807) is 6.92 Å². The summed E-state index contributed by atoms with van der Waals surface area (Å²) in [6.07, 6.45) is 1.43. The first-order chi connectivity index (χ1) is 8.34. The molecule has 1 aliphatic heterocycles. The van der Waals surface area contributed by atoms with Gasteiger partial charge in [0.15, 0.2) is 0 Å². The summed E-state index contributed by atoms with van der Waals surface area (Å²) in [5.74, 6) is -1.12. The van der Waals surface area contributed by atoms with Crippen molar-refractivity contribution in [3.63, 3.8) is 0 Å². The molecule has 0 aliphatic carbocycles. The number of carboxylic acids is 1. The molecule has 0 saturated carbocycles. The van der Waals surface area contributed by atoms with Crippen LogP contribution in [0.2, 0.25) is 0 Å². The molecule has 0 amide bonds. The van der Waals surface area contributed by atoms with Gasteiger partial charge < -0.3 is 10.2 Å². The minimum Gasteiger partial charge on any atom is -0.480 e. The van der Waals surface area contributed by atoms with Crippen LogP contribution in [-0.4, -0.2) is 54.1 Å². The first-order valence-electron chi connectivity index (χ1n) is 6.02.